The molecule has 0 aliphatic rings. The minimum atomic E-state index is -0.312. The van der Waals surface area contributed by atoms with E-state index in [0.717, 1.165) is 15.4 Å². The Morgan fingerprint density at radius 3 is 2.71 bits per heavy atom. The van der Waals surface area contributed by atoms with Crippen LogP contribution < -0.4 is 10.6 Å². The van der Waals surface area contributed by atoms with Crippen molar-refractivity contribution in [1.29, 1.82) is 0 Å². The molecule has 0 saturated carbocycles. The molecule has 6 heteroatoms. The second-order valence-corrected chi connectivity index (χ2v) is 5.27. The van der Waals surface area contributed by atoms with Crippen LogP contribution in [0.4, 0.5) is 21.8 Å². The van der Waals surface area contributed by atoms with E-state index in [1.807, 2.05) is 24.3 Å². The molecule has 4 nitrogen and oxygen atoms in total. The van der Waals surface area contributed by atoms with Gasteiger partial charge in [0.1, 0.15) is 11.6 Å². The molecule has 0 amide bonds. The fourth-order valence-electron chi connectivity index (χ4n) is 2.00. The zero-order valence-corrected chi connectivity index (χ0v) is 12.8. The molecular formula is C15H12BrFN4. The lowest BCUT2D eigenvalue weighted by molar-refractivity contribution is 0.628. The summed E-state index contributed by atoms with van der Waals surface area (Å²) in [6.45, 7) is 0. The largest absolute Gasteiger partial charge is 0.357 e. The van der Waals surface area contributed by atoms with E-state index >= 15 is 0 Å². The van der Waals surface area contributed by atoms with Gasteiger partial charge >= 0.3 is 0 Å². The molecule has 21 heavy (non-hydrogen) atoms. The predicted octanol–water partition coefficient (Wildman–Crippen LogP) is 4.32. The van der Waals surface area contributed by atoms with Crippen molar-refractivity contribution in [3.05, 3.63) is 52.8 Å². The average Bonchev–Trinajstić information content (AvgIpc) is 2.50. The number of benzene rings is 2. The van der Waals surface area contributed by atoms with E-state index in [2.05, 4.69) is 36.5 Å². The van der Waals surface area contributed by atoms with Crippen LogP contribution in [0.15, 0.2) is 46.9 Å². The van der Waals surface area contributed by atoms with Crippen LogP contribution in [0.25, 0.3) is 10.9 Å². The van der Waals surface area contributed by atoms with Crippen LogP contribution in [-0.4, -0.2) is 17.0 Å². The molecule has 1 aromatic heterocycles. The Morgan fingerprint density at radius 2 is 1.90 bits per heavy atom. The molecule has 0 atom stereocenters. The lowest BCUT2D eigenvalue weighted by Gasteiger charge is -2.12. The zero-order chi connectivity index (χ0) is 14.8. The summed E-state index contributed by atoms with van der Waals surface area (Å²) in [5.74, 6) is 0.813. The third-order valence-electron chi connectivity index (χ3n) is 3.01. The van der Waals surface area contributed by atoms with Gasteiger partial charge in [0.15, 0.2) is 0 Å². The highest BCUT2D eigenvalue weighted by atomic mass is 79.9. The van der Waals surface area contributed by atoms with Crippen molar-refractivity contribution in [2.45, 2.75) is 0 Å². The van der Waals surface area contributed by atoms with Crippen molar-refractivity contribution >= 4 is 44.3 Å². The van der Waals surface area contributed by atoms with Crippen LogP contribution >= 0.6 is 15.9 Å². The summed E-state index contributed by atoms with van der Waals surface area (Å²) in [4.78, 5) is 8.80. The predicted molar refractivity (Wildman–Crippen MR) is 86.5 cm³/mol. The SMILES string of the molecule is CNc1nc(Nc2cc(F)ccc2Br)c2ccccc2n1. The number of fused-ring (bicyclic) bond motifs is 1. The molecule has 2 aromatic carbocycles. The zero-order valence-electron chi connectivity index (χ0n) is 11.2. The highest BCUT2D eigenvalue weighted by Crippen LogP contribution is 2.29. The van der Waals surface area contributed by atoms with Crippen molar-refractivity contribution in [3.8, 4) is 0 Å². The Balaban J connectivity index is 2.13. The first-order chi connectivity index (χ1) is 10.2. The Morgan fingerprint density at radius 1 is 1.10 bits per heavy atom. The molecule has 0 aliphatic carbocycles. The van der Waals surface area contributed by atoms with E-state index in [1.165, 1.54) is 12.1 Å². The summed E-state index contributed by atoms with van der Waals surface area (Å²) in [7, 11) is 1.76. The number of para-hydroxylation sites is 1. The maximum atomic E-state index is 13.4. The number of anilines is 3. The Hall–Kier alpha value is -2.21. The minimum absolute atomic E-state index is 0.312. The molecule has 1 heterocycles. The van der Waals surface area contributed by atoms with Crippen LogP contribution in [0.1, 0.15) is 0 Å². The lowest BCUT2D eigenvalue weighted by atomic mass is 10.2. The second-order valence-electron chi connectivity index (χ2n) is 4.41. The molecule has 0 unspecified atom stereocenters. The van der Waals surface area contributed by atoms with E-state index in [4.69, 9.17) is 0 Å². The average molecular weight is 347 g/mol. The van der Waals surface area contributed by atoms with Gasteiger partial charge in [0.2, 0.25) is 5.95 Å². The van der Waals surface area contributed by atoms with Gasteiger partial charge < -0.3 is 10.6 Å². The van der Waals surface area contributed by atoms with Gasteiger partial charge in [-0.15, -0.1) is 0 Å². The molecule has 0 aliphatic heterocycles. The second kappa shape index (κ2) is 5.65. The van der Waals surface area contributed by atoms with Crippen molar-refractivity contribution in [1.82, 2.24) is 9.97 Å². The fraction of sp³-hybridized carbons (Fsp3) is 0.0667. The standard InChI is InChI=1S/C15H12BrFN4/c1-18-15-20-12-5-3-2-4-10(12)14(21-15)19-13-8-9(17)6-7-11(13)16/h2-8H,1H3,(H2,18,19,20,21). The van der Waals surface area contributed by atoms with E-state index < -0.39 is 0 Å². The summed E-state index contributed by atoms with van der Waals surface area (Å²) in [5, 5.41) is 6.94. The summed E-state index contributed by atoms with van der Waals surface area (Å²) in [5.41, 5.74) is 1.42. The van der Waals surface area contributed by atoms with Crippen molar-refractivity contribution in [2.24, 2.45) is 0 Å². The van der Waals surface area contributed by atoms with Gasteiger partial charge in [-0.1, -0.05) is 12.1 Å². The lowest BCUT2D eigenvalue weighted by Crippen LogP contribution is -2.02. The molecule has 2 N–H and O–H groups in total. The minimum Gasteiger partial charge on any atom is -0.357 e. The van der Waals surface area contributed by atoms with E-state index in [9.17, 15) is 4.39 Å². The first-order valence-electron chi connectivity index (χ1n) is 6.34. The number of rotatable bonds is 3. The van der Waals surface area contributed by atoms with Gasteiger partial charge in [0, 0.05) is 16.9 Å². The van der Waals surface area contributed by atoms with Gasteiger partial charge in [-0.2, -0.15) is 4.98 Å². The topological polar surface area (TPSA) is 49.8 Å². The molecule has 0 fully saturated rings. The van der Waals surface area contributed by atoms with Crippen LogP contribution in [0.2, 0.25) is 0 Å². The first-order valence-corrected chi connectivity index (χ1v) is 7.13. The summed E-state index contributed by atoms with van der Waals surface area (Å²) in [6, 6.07) is 12.1. The highest BCUT2D eigenvalue weighted by molar-refractivity contribution is 9.10. The quantitative estimate of drug-likeness (QED) is 0.741. The van der Waals surface area contributed by atoms with Gasteiger partial charge in [-0.3, -0.25) is 0 Å². The van der Waals surface area contributed by atoms with Gasteiger partial charge in [0.05, 0.1) is 11.2 Å². The molecule has 0 radical (unpaired) electrons. The molecule has 3 rings (SSSR count). The number of hydrogen-bond acceptors (Lipinski definition) is 4. The van der Waals surface area contributed by atoms with Crippen LogP contribution in [-0.2, 0) is 0 Å². The summed E-state index contributed by atoms with van der Waals surface area (Å²) < 4.78 is 14.2. The smallest absolute Gasteiger partial charge is 0.224 e. The number of halogens is 2. The number of nitrogens with one attached hydrogen (secondary N) is 2. The molecule has 0 bridgehead atoms. The summed E-state index contributed by atoms with van der Waals surface area (Å²) >= 11 is 3.40. The van der Waals surface area contributed by atoms with Gasteiger partial charge in [-0.05, 0) is 46.3 Å². The normalized spacial score (nSPS) is 10.6. The van der Waals surface area contributed by atoms with Crippen molar-refractivity contribution in [2.75, 3.05) is 17.7 Å². The van der Waals surface area contributed by atoms with E-state index in [1.54, 1.807) is 13.1 Å². The van der Waals surface area contributed by atoms with Gasteiger partial charge in [-0.25, -0.2) is 9.37 Å². The van der Waals surface area contributed by atoms with Crippen LogP contribution in [0, 0.1) is 5.82 Å². The summed E-state index contributed by atoms with van der Waals surface area (Å²) in [6.07, 6.45) is 0. The number of hydrogen-bond donors (Lipinski definition) is 2. The van der Waals surface area contributed by atoms with E-state index in [-0.39, 0.29) is 5.82 Å². The van der Waals surface area contributed by atoms with Crippen LogP contribution in [0.3, 0.4) is 0 Å². The highest BCUT2D eigenvalue weighted by Gasteiger charge is 2.09. The number of nitrogens with zero attached hydrogens (tertiary/aromatic N) is 2. The van der Waals surface area contributed by atoms with Gasteiger partial charge in [0.25, 0.3) is 0 Å². The molecule has 3 aromatic rings. The third-order valence-corrected chi connectivity index (χ3v) is 3.70. The Bertz CT molecular complexity index is 807. The molecule has 106 valence electrons. The van der Waals surface area contributed by atoms with E-state index in [0.29, 0.717) is 17.5 Å². The van der Waals surface area contributed by atoms with Crippen molar-refractivity contribution in [3.63, 3.8) is 0 Å². The Labute approximate surface area is 129 Å². The maximum absolute atomic E-state index is 13.4. The monoisotopic (exact) mass is 346 g/mol. The first kappa shape index (κ1) is 13.8. The van der Waals surface area contributed by atoms with Crippen LogP contribution in [0.5, 0.6) is 0 Å². The van der Waals surface area contributed by atoms with Crippen molar-refractivity contribution < 1.29 is 4.39 Å². The third kappa shape index (κ3) is 2.80. The molecular weight excluding hydrogens is 335 g/mol. The fourth-order valence-corrected chi connectivity index (χ4v) is 2.35. The maximum Gasteiger partial charge on any atom is 0.224 e. The molecule has 0 spiro atoms. The Kier molecular flexibility index (Phi) is 3.70. The number of aromatic nitrogens is 2. The molecule has 0 saturated heterocycles.